The van der Waals surface area contributed by atoms with E-state index in [9.17, 15) is 10.1 Å². The molecule has 3 aromatic carbocycles. The Labute approximate surface area is 144 Å². The summed E-state index contributed by atoms with van der Waals surface area (Å²) in [5.41, 5.74) is 4.00. The molecule has 0 saturated carbocycles. The van der Waals surface area contributed by atoms with Crippen LogP contribution in [0.5, 0.6) is 0 Å². The van der Waals surface area contributed by atoms with E-state index in [1.165, 1.54) is 12.1 Å². The van der Waals surface area contributed by atoms with Gasteiger partial charge in [-0.2, -0.15) is 0 Å². The number of fused-ring (bicyclic) bond motifs is 2. The van der Waals surface area contributed by atoms with Crippen LogP contribution in [0.4, 0.5) is 5.69 Å². The number of hydrogen-bond donors (Lipinski definition) is 0. The average molecular weight is 326 g/mol. The first kappa shape index (κ1) is 15.0. The fourth-order valence-electron chi connectivity index (χ4n) is 2.94. The molecule has 0 bridgehead atoms. The molecule has 0 fully saturated rings. The van der Waals surface area contributed by atoms with Gasteiger partial charge < -0.3 is 0 Å². The van der Waals surface area contributed by atoms with Gasteiger partial charge in [0.1, 0.15) is 0 Å². The zero-order valence-corrected chi connectivity index (χ0v) is 13.3. The second-order valence-corrected chi connectivity index (χ2v) is 5.74. The number of benzene rings is 3. The number of non-ortho nitro benzene ring substituents is 1. The Morgan fingerprint density at radius 3 is 1.88 bits per heavy atom. The van der Waals surface area contributed by atoms with Gasteiger partial charge in [-0.3, -0.25) is 10.1 Å². The third-order valence-corrected chi connectivity index (χ3v) is 4.18. The van der Waals surface area contributed by atoms with Crippen molar-refractivity contribution in [1.82, 2.24) is 4.98 Å². The fraction of sp³-hybridized carbons (Fsp3) is 0. The normalized spacial score (nSPS) is 11.4. The minimum absolute atomic E-state index is 0.0944. The topological polar surface area (TPSA) is 56.0 Å². The van der Waals surface area contributed by atoms with E-state index in [0.717, 1.165) is 32.9 Å². The van der Waals surface area contributed by atoms with E-state index in [2.05, 4.69) is 12.1 Å². The van der Waals surface area contributed by atoms with Crippen LogP contribution in [-0.2, 0) is 0 Å². The van der Waals surface area contributed by atoms with Gasteiger partial charge >= 0.3 is 0 Å². The summed E-state index contributed by atoms with van der Waals surface area (Å²) in [4.78, 5) is 15.1. The van der Waals surface area contributed by atoms with Crippen LogP contribution in [0.25, 0.3) is 34.0 Å². The zero-order valence-electron chi connectivity index (χ0n) is 13.3. The van der Waals surface area contributed by atoms with Gasteiger partial charge in [0, 0.05) is 22.9 Å². The molecule has 0 aliphatic heterocycles. The highest BCUT2D eigenvalue weighted by molar-refractivity contribution is 6.04. The molecule has 0 amide bonds. The maximum absolute atomic E-state index is 10.8. The standard InChI is InChI=1S/C21H14N2O2/c24-23(25)16-12-9-15(10-13-16)11-14-17-18-5-1-3-7-20(18)22-21-8-4-2-6-19(17)21/h1-14H/b14-11+. The van der Waals surface area contributed by atoms with Crippen molar-refractivity contribution in [2.75, 3.05) is 0 Å². The van der Waals surface area contributed by atoms with Gasteiger partial charge in [-0.05, 0) is 35.4 Å². The first-order valence-corrected chi connectivity index (χ1v) is 7.92. The van der Waals surface area contributed by atoms with Gasteiger partial charge in [-0.15, -0.1) is 0 Å². The molecule has 25 heavy (non-hydrogen) atoms. The third kappa shape index (κ3) is 2.85. The van der Waals surface area contributed by atoms with E-state index in [1.54, 1.807) is 12.1 Å². The lowest BCUT2D eigenvalue weighted by Gasteiger charge is -2.07. The monoisotopic (exact) mass is 326 g/mol. The Balaban J connectivity index is 1.85. The number of nitrogens with zero attached hydrogens (tertiary/aromatic N) is 2. The summed E-state index contributed by atoms with van der Waals surface area (Å²) < 4.78 is 0. The Kier molecular flexibility index (Phi) is 3.71. The molecule has 0 saturated heterocycles. The molecule has 1 aromatic heterocycles. The summed E-state index contributed by atoms with van der Waals surface area (Å²) in [5.74, 6) is 0. The molecule has 4 rings (SSSR count). The van der Waals surface area contributed by atoms with Crippen LogP contribution in [-0.4, -0.2) is 9.91 Å². The minimum Gasteiger partial charge on any atom is -0.258 e. The summed E-state index contributed by atoms with van der Waals surface area (Å²) in [6.07, 6.45) is 4.02. The Hall–Kier alpha value is -3.53. The molecular weight excluding hydrogens is 312 g/mol. The lowest BCUT2D eigenvalue weighted by atomic mass is 10.0. The summed E-state index contributed by atoms with van der Waals surface area (Å²) in [6, 6.07) is 22.6. The van der Waals surface area contributed by atoms with Crippen LogP contribution in [0.2, 0.25) is 0 Å². The molecule has 4 aromatic rings. The molecule has 0 atom stereocenters. The smallest absolute Gasteiger partial charge is 0.258 e. The van der Waals surface area contributed by atoms with Crippen molar-refractivity contribution in [1.29, 1.82) is 0 Å². The molecule has 4 nitrogen and oxygen atoms in total. The van der Waals surface area contributed by atoms with Gasteiger partial charge in [-0.1, -0.05) is 48.6 Å². The van der Waals surface area contributed by atoms with Crippen LogP contribution in [0.15, 0.2) is 72.8 Å². The van der Waals surface area contributed by atoms with Crippen LogP contribution in [0, 0.1) is 10.1 Å². The van der Waals surface area contributed by atoms with E-state index in [-0.39, 0.29) is 5.69 Å². The minimum atomic E-state index is -0.391. The van der Waals surface area contributed by atoms with Gasteiger partial charge in [0.25, 0.3) is 5.69 Å². The first-order chi connectivity index (χ1) is 12.2. The molecule has 4 heteroatoms. The average Bonchev–Trinajstić information content (AvgIpc) is 2.65. The number of para-hydroxylation sites is 2. The number of rotatable bonds is 3. The Morgan fingerprint density at radius 2 is 1.32 bits per heavy atom. The fourth-order valence-corrected chi connectivity index (χ4v) is 2.94. The zero-order chi connectivity index (χ0) is 17.2. The SMILES string of the molecule is O=[N+]([O-])c1ccc(/C=C/c2c3ccccc3nc3ccccc23)cc1. The lowest BCUT2D eigenvalue weighted by molar-refractivity contribution is -0.384. The Bertz CT molecular complexity index is 1060. The van der Waals surface area contributed by atoms with E-state index in [4.69, 9.17) is 4.98 Å². The van der Waals surface area contributed by atoms with Gasteiger partial charge in [0.15, 0.2) is 0 Å². The summed E-state index contributed by atoms with van der Waals surface area (Å²) in [6.45, 7) is 0. The number of aromatic nitrogens is 1. The number of hydrogen-bond acceptors (Lipinski definition) is 3. The summed E-state index contributed by atoms with van der Waals surface area (Å²) >= 11 is 0. The van der Waals surface area contributed by atoms with E-state index in [0.29, 0.717) is 0 Å². The highest BCUT2D eigenvalue weighted by atomic mass is 16.6. The molecule has 0 unspecified atom stereocenters. The molecule has 0 radical (unpaired) electrons. The number of nitro groups is 1. The predicted molar refractivity (Wildman–Crippen MR) is 101 cm³/mol. The van der Waals surface area contributed by atoms with Crippen LogP contribution in [0.3, 0.4) is 0 Å². The van der Waals surface area contributed by atoms with Crippen molar-refractivity contribution in [3.8, 4) is 0 Å². The molecule has 0 spiro atoms. The van der Waals surface area contributed by atoms with Crippen LogP contribution < -0.4 is 0 Å². The van der Waals surface area contributed by atoms with Crippen LogP contribution in [0.1, 0.15) is 11.1 Å². The molecule has 0 N–H and O–H groups in total. The van der Waals surface area contributed by atoms with Gasteiger partial charge in [0.2, 0.25) is 0 Å². The molecular formula is C21H14N2O2. The van der Waals surface area contributed by atoms with Crippen molar-refractivity contribution >= 4 is 39.6 Å². The first-order valence-electron chi connectivity index (χ1n) is 7.92. The maximum atomic E-state index is 10.8. The number of pyridine rings is 1. The maximum Gasteiger partial charge on any atom is 0.269 e. The van der Waals surface area contributed by atoms with E-state index < -0.39 is 4.92 Å². The highest BCUT2D eigenvalue weighted by Gasteiger charge is 2.06. The second kappa shape index (κ2) is 6.17. The van der Waals surface area contributed by atoms with Crippen molar-refractivity contribution < 1.29 is 4.92 Å². The molecule has 0 aliphatic rings. The summed E-state index contributed by atoms with van der Waals surface area (Å²) in [7, 11) is 0. The third-order valence-electron chi connectivity index (χ3n) is 4.18. The molecule has 120 valence electrons. The highest BCUT2D eigenvalue weighted by Crippen LogP contribution is 2.27. The van der Waals surface area contributed by atoms with E-state index >= 15 is 0 Å². The van der Waals surface area contributed by atoms with Gasteiger partial charge in [0.05, 0.1) is 16.0 Å². The quantitative estimate of drug-likeness (QED) is 0.285. The largest absolute Gasteiger partial charge is 0.269 e. The molecule has 1 heterocycles. The van der Waals surface area contributed by atoms with E-state index in [1.807, 2.05) is 48.6 Å². The van der Waals surface area contributed by atoms with Crippen molar-refractivity contribution in [3.05, 3.63) is 94.0 Å². The van der Waals surface area contributed by atoms with Crippen molar-refractivity contribution in [2.45, 2.75) is 0 Å². The van der Waals surface area contributed by atoms with Crippen LogP contribution >= 0.6 is 0 Å². The Morgan fingerprint density at radius 1 is 0.760 bits per heavy atom. The predicted octanol–water partition coefficient (Wildman–Crippen LogP) is 5.47. The van der Waals surface area contributed by atoms with Gasteiger partial charge in [-0.25, -0.2) is 4.98 Å². The number of nitro benzene ring substituents is 1. The second-order valence-electron chi connectivity index (χ2n) is 5.74. The lowest BCUT2D eigenvalue weighted by Crippen LogP contribution is -1.88. The van der Waals surface area contributed by atoms with Crippen molar-refractivity contribution in [3.63, 3.8) is 0 Å². The summed E-state index contributed by atoms with van der Waals surface area (Å²) in [5, 5.41) is 12.9. The van der Waals surface area contributed by atoms with Crippen molar-refractivity contribution in [2.24, 2.45) is 0 Å². The molecule has 0 aliphatic carbocycles.